The summed E-state index contributed by atoms with van der Waals surface area (Å²) < 4.78 is 58.7. The van der Waals surface area contributed by atoms with Crippen molar-refractivity contribution < 1.29 is 21.9 Å². The highest BCUT2D eigenvalue weighted by Crippen LogP contribution is 2.16. The molecular weight excluding hydrogens is 324 g/mol. The van der Waals surface area contributed by atoms with E-state index in [1.54, 1.807) is 0 Å². The molecule has 0 radical (unpaired) electrons. The minimum atomic E-state index is -4.12. The number of hydrogen-bond acceptors (Lipinski definition) is 3. The summed E-state index contributed by atoms with van der Waals surface area (Å²) in [5, 5.41) is 0. The topological polar surface area (TPSA) is 55.4 Å². The minimum absolute atomic E-state index is 0.122. The van der Waals surface area contributed by atoms with Gasteiger partial charge in [0.2, 0.25) is 10.0 Å². The second-order valence-corrected chi connectivity index (χ2v) is 6.72. The summed E-state index contributed by atoms with van der Waals surface area (Å²) in [4.78, 5) is -0.590. The molecule has 124 valence electrons. The molecule has 23 heavy (non-hydrogen) atoms. The summed E-state index contributed by atoms with van der Waals surface area (Å²) in [5.74, 6) is -1.97. The van der Waals surface area contributed by atoms with Gasteiger partial charge in [-0.2, -0.15) is 0 Å². The molecule has 0 bridgehead atoms. The van der Waals surface area contributed by atoms with Crippen molar-refractivity contribution in [1.29, 1.82) is 0 Å². The van der Waals surface area contributed by atoms with Gasteiger partial charge in [0.25, 0.3) is 0 Å². The van der Waals surface area contributed by atoms with Gasteiger partial charge in [0, 0.05) is 19.2 Å². The molecule has 0 spiro atoms. The first-order chi connectivity index (χ1) is 10.9. The van der Waals surface area contributed by atoms with E-state index in [-0.39, 0.29) is 6.61 Å². The van der Waals surface area contributed by atoms with Crippen LogP contribution >= 0.6 is 0 Å². The molecule has 2 aromatic rings. The maximum absolute atomic E-state index is 13.7. The Labute approximate surface area is 134 Å². The highest BCUT2D eigenvalue weighted by atomic mass is 32.2. The zero-order valence-corrected chi connectivity index (χ0v) is 13.3. The van der Waals surface area contributed by atoms with Crippen LogP contribution in [0.5, 0.6) is 0 Å². The van der Waals surface area contributed by atoms with Crippen LogP contribution in [-0.2, 0) is 21.2 Å². The Balaban J connectivity index is 2.20. The summed E-state index contributed by atoms with van der Waals surface area (Å²) in [7, 11) is -2.67. The van der Waals surface area contributed by atoms with E-state index in [2.05, 4.69) is 4.72 Å². The second kappa shape index (κ2) is 7.63. The molecule has 0 aliphatic heterocycles. The third-order valence-corrected chi connectivity index (χ3v) is 4.75. The quantitative estimate of drug-likeness (QED) is 0.842. The first-order valence-corrected chi connectivity index (χ1v) is 8.41. The van der Waals surface area contributed by atoms with E-state index in [0.29, 0.717) is 12.5 Å². The number of methoxy groups -OCH3 is 1. The van der Waals surface area contributed by atoms with Gasteiger partial charge in [0.05, 0.1) is 6.61 Å². The molecule has 0 heterocycles. The molecule has 0 saturated heterocycles. The maximum Gasteiger partial charge on any atom is 0.243 e. The van der Waals surface area contributed by atoms with Crippen LogP contribution in [0.15, 0.2) is 53.4 Å². The zero-order chi connectivity index (χ0) is 16.9. The molecule has 0 aliphatic rings. The fraction of sp³-hybridized carbons (Fsp3) is 0.250. The van der Waals surface area contributed by atoms with E-state index < -0.39 is 32.6 Å². The van der Waals surface area contributed by atoms with Gasteiger partial charge < -0.3 is 4.74 Å². The molecule has 0 fully saturated rings. The fourth-order valence-electron chi connectivity index (χ4n) is 2.21. The lowest BCUT2D eigenvalue weighted by Gasteiger charge is -2.18. The normalized spacial score (nSPS) is 13.0. The first-order valence-electron chi connectivity index (χ1n) is 6.92. The van der Waals surface area contributed by atoms with Gasteiger partial charge >= 0.3 is 0 Å². The van der Waals surface area contributed by atoms with Gasteiger partial charge in [0.15, 0.2) is 0 Å². The highest BCUT2D eigenvalue weighted by Gasteiger charge is 2.23. The standard InChI is InChI=1S/C16H17F2NO3S/c1-22-11-14(9-12-5-3-2-4-6-12)19-23(20,21)16-8-7-13(17)10-15(16)18/h2-8,10,14,19H,9,11H2,1H3. The Hall–Kier alpha value is -1.83. The van der Waals surface area contributed by atoms with E-state index in [1.165, 1.54) is 7.11 Å². The first kappa shape index (κ1) is 17.5. The molecule has 4 nitrogen and oxygen atoms in total. The van der Waals surface area contributed by atoms with Gasteiger partial charge in [-0.15, -0.1) is 0 Å². The minimum Gasteiger partial charge on any atom is -0.383 e. The van der Waals surface area contributed by atoms with Crippen LogP contribution in [0, 0.1) is 11.6 Å². The van der Waals surface area contributed by atoms with Crippen LogP contribution in [0.1, 0.15) is 5.56 Å². The Morgan fingerprint density at radius 3 is 2.43 bits per heavy atom. The summed E-state index contributed by atoms with van der Waals surface area (Å²) in [6.07, 6.45) is 0.386. The largest absolute Gasteiger partial charge is 0.383 e. The molecule has 1 N–H and O–H groups in total. The average molecular weight is 341 g/mol. The number of rotatable bonds is 7. The van der Waals surface area contributed by atoms with Crippen LogP contribution in [0.25, 0.3) is 0 Å². The molecule has 7 heteroatoms. The molecule has 0 aliphatic carbocycles. The molecule has 0 aromatic heterocycles. The molecule has 2 aromatic carbocycles. The van der Waals surface area contributed by atoms with E-state index in [9.17, 15) is 17.2 Å². The number of benzene rings is 2. The van der Waals surface area contributed by atoms with Crippen LogP contribution in [0.3, 0.4) is 0 Å². The van der Waals surface area contributed by atoms with Crippen LogP contribution in [0.2, 0.25) is 0 Å². The lowest BCUT2D eigenvalue weighted by molar-refractivity contribution is 0.174. The average Bonchev–Trinajstić information content (AvgIpc) is 2.47. The van der Waals surface area contributed by atoms with Crippen molar-refractivity contribution in [2.24, 2.45) is 0 Å². The highest BCUT2D eigenvalue weighted by molar-refractivity contribution is 7.89. The number of nitrogens with one attached hydrogen (secondary N) is 1. The van der Waals surface area contributed by atoms with Crippen molar-refractivity contribution in [2.75, 3.05) is 13.7 Å². The lowest BCUT2D eigenvalue weighted by atomic mass is 10.1. The van der Waals surface area contributed by atoms with Crippen molar-refractivity contribution in [2.45, 2.75) is 17.4 Å². The van der Waals surface area contributed by atoms with Crippen molar-refractivity contribution in [1.82, 2.24) is 4.72 Å². The molecule has 2 rings (SSSR count). The molecule has 1 atom stereocenters. The van der Waals surface area contributed by atoms with Crippen molar-refractivity contribution >= 4 is 10.0 Å². The number of hydrogen-bond donors (Lipinski definition) is 1. The predicted molar refractivity (Wildman–Crippen MR) is 82.5 cm³/mol. The predicted octanol–water partition coefficient (Wildman–Crippen LogP) is 2.50. The van der Waals surface area contributed by atoms with Gasteiger partial charge in [-0.3, -0.25) is 0 Å². The summed E-state index contributed by atoms with van der Waals surface area (Å²) >= 11 is 0. The molecule has 0 amide bonds. The van der Waals surface area contributed by atoms with Gasteiger partial charge in [-0.1, -0.05) is 30.3 Å². The van der Waals surface area contributed by atoms with E-state index >= 15 is 0 Å². The van der Waals surface area contributed by atoms with Crippen molar-refractivity contribution in [3.8, 4) is 0 Å². The number of ether oxygens (including phenoxy) is 1. The van der Waals surface area contributed by atoms with E-state index in [1.807, 2.05) is 30.3 Å². The van der Waals surface area contributed by atoms with Crippen molar-refractivity contribution in [3.05, 3.63) is 65.7 Å². The zero-order valence-electron chi connectivity index (χ0n) is 12.5. The van der Waals surface area contributed by atoms with Crippen LogP contribution < -0.4 is 4.72 Å². The van der Waals surface area contributed by atoms with Gasteiger partial charge in [-0.25, -0.2) is 21.9 Å². The van der Waals surface area contributed by atoms with Crippen LogP contribution in [0.4, 0.5) is 8.78 Å². The van der Waals surface area contributed by atoms with E-state index in [0.717, 1.165) is 17.7 Å². The Kier molecular flexibility index (Phi) is 5.81. The number of sulfonamides is 1. The van der Waals surface area contributed by atoms with Crippen LogP contribution in [-0.4, -0.2) is 28.2 Å². The summed E-state index contributed by atoms with van der Waals surface area (Å²) in [5.41, 5.74) is 0.914. The maximum atomic E-state index is 13.7. The monoisotopic (exact) mass is 341 g/mol. The summed E-state index contributed by atoms with van der Waals surface area (Å²) in [6, 6.07) is 11.0. The smallest absolute Gasteiger partial charge is 0.243 e. The number of halogens is 2. The molecule has 0 saturated carbocycles. The fourth-order valence-corrected chi connectivity index (χ4v) is 3.49. The Morgan fingerprint density at radius 2 is 1.83 bits per heavy atom. The van der Waals surface area contributed by atoms with Crippen molar-refractivity contribution in [3.63, 3.8) is 0 Å². The third-order valence-electron chi connectivity index (χ3n) is 3.20. The van der Waals surface area contributed by atoms with Gasteiger partial charge in [0.1, 0.15) is 16.5 Å². The summed E-state index contributed by atoms with van der Waals surface area (Å²) in [6.45, 7) is 0.122. The second-order valence-electron chi connectivity index (χ2n) is 5.04. The lowest BCUT2D eigenvalue weighted by Crippen LogP contribution is -2.39. The Bertz CT molecular complexity index is 751. The van der Waals surface area contributed by atoms with Gasteiger partial charge in [-0.05, 0) is 24.1 Å². The molecular formula is C16H17F2NO3S. The van der Waals surface area contributed by atoms with E-state index in [4.69, 9.17) is 4.74 Å². The molecule has 1 unspecified atom stereocenters. The SMILES string of the molecule is COCC(Cc1ccccc1)NS(=O)(=O)c1ccc(F)cc1F. The third kappa shape index (κ3) is 4.82. The Morgan fingerprint density at radius 1 is 1.13 bits per heavy atom.